The molecule has 0 atom stereocenters. The van der Waals surface area contributed by atoms with E-state index in [1.165, 1.54) is 11.1 Å². The molecule has 5 nitrogen and oxygen atoms in total. The molecule has 0 bridgehead atoms. The Hall–Kier alpha value is -2.09. The van der Waals surface area contributed by atoms with Gasteiger partial charge in [-0.05, 0) is 61.4 Å². The molecule has 0 spiro atoms. The second kappa shape index (κ2) is 10.1. The molecular weight excluding hydrogens is 404 g/mol. The van der Waals surface area contributed by atoms with Gasteiger partial charge in [0, 0.05) is 30.7 Å². The minimum absolute atomic E-state index is 0.0998. The standard InChI is InChI=1S/C22H26N2O3S2/c1-15-13-19-20(14-16(15)2)29-22(24(19)10-11-26-3)23-21(25)9-12-28-18-7-5-17(27-4)6-8-18/h5-8,13-14H,9-12H2,1-4H3. The lowest BCUT2D eigenvalue weighted by atomic mass is 10.1. The second-order valence-electron chi connectivity index (χ2n) is 6.71. The van der Waals surface area contributed by atoms with E-state index in [0.29, 0.717) is 25.3 Å². The van der Waals surface area contributed by atoms with Crippen LogP contribution >= 0.6 is 23.1 Å². The highest BCUT2D eigenvalue weighted by Crippen LogP contribution is 2.23. The maximum absolute atomic E-state index is 12.5. The van der Waals surface area contributed by atoms with Gasteiger partial charge in [0.2, 0.25) is 5.91 Å². The number of carbonyl (C=O) groups is 1. The summed E-state index contributed by atoms with van der Waals surface area (Å²) in [5, 5.41) is 0. The van der Waals surface area contributed by atoms with Crippen molar-refractivity contribution in [2.24, 2.45) is 4.99 Å². The number of nitrogens with zero attached hydrogens (tertiary/aromatic N) is 2. The minimum atomic E-state index is -0.0998. The van der Waals surface area contributed by atoms with Crippen LogP contribution in [0.3, 0.4) is 0 Å². The molecule has 0 unspecified atom stereocenters. The van der Waals surface area contributed by atoms with Crippen molar-refractivity contribution in [3.8, 4) is 5.75 Å². The van der Waals surface area contributed by atoms with Crippen molar-refractivity contribution < 1.29 is 14.3 Å². The molecule has 0 aliphatic rings. The third-order valence-electron chi connectivity index (χ3n) is 4.68. The summed E-state index contributed by atoms with van der Waals surface area (Å²) >= 11 is 3.20. The average molecular weight is 431 g/mol. The van der Waals surface area contributed by atoms with Crippen LogP contribution in [-0.2, 0) is 16.1 Å². The van der Waals surface area contributed by atoms with E-state index < -0.39 is 0 Å². The Balaban J connectivity index is 1.75. The number of methoxy groups -OCH3 is 2. The van der Waals surface area contributed by atoms with Gasteiger partial charge in [0.05, 0.1) is 23.9 Å². The summed E-state index contributed by atoms with van der Waals surface area (Å²) in [5.74, 6) is 1.42. The van der Waals surface area contributed by atoms with Crippen LogP contribution < -0.4 is 9.54 Å². The predicted molar refractivity (Wildman–Crippen MR) is 120 cm³/mol. The number of ether oxygens (including phenoxy) is 2. The SMILES string of the molecule is COCCn1c(=NC(=O)CCSc2ccc(OC)cc2)sc2cc(C)c(C)cc21. The summed E-state index contributed by atoms with van der Waals surface area (Å²) in [5.41, 5.74) is 3.58. The van der Waals surface area contributed by atoms with Crippen molar-refractivity contribution in [2.75, 3.05) is 26.6 Å². The number of hydrogen-bond acceptors (Lipinski definition) is 5. The van der Waals surface area contributed by atoms with Gasteiger partial charge < -0.3 is 14.0 Å². The molecular formula is C22H26N2O3S2. The fraction of sp³-hybridized carbons (Fsp3) is 0.364. The smallest absolute Gasteiger partial charge is 0.249 e. The van der Waals surface area contributed by atoms with Crippen molar-refractivity contribution >= 4 is 39.2 Å². The van der Waals surface area contributed by atoms with Gasteiger partial charge in [-0.3, -0.25) is 4.79 Å². The number of benzene rings is 2. The molecule has 3 rings (SSSR count). The van der Waals surface area contributed by atoms with Crippen LogP contribution in [0.15, 0.2) is 46.3 Å². The summed E-state index contributed by atoms with van der Waals surface area (Å²) in [4.78, 5) is 18.8. The Bertz CT molecular complexity index is 1050. The fourth-order valence-electron chi connectivity index (χ4n) is 2.90. The normalized spacial score (nSPS) is 11.9. The van der Waals surface area contributed by atoms with E-state index in [0.717, 1.165) is 25.7 Å². The van der Waals surface area contributed by atoms with Crippen LogP contribution in [0.4, 0.5) is 0 Å². The number of rotatable bonds is 8. The third kappa shape index (κ3) is 5.50. The molecule has 1 aromatic heterocycles. The Morgan fingerprint density at radius 3 is 2.55 bits per heavy atom. The van der Waals surface area contributed by atoms with Crippen molar-refractivity contribution in [2.45, 2.75) is 31.7 Å². The molecule has 0 saturated carbocycles. The van der Waals surface area contributed by atoms with Crippen molar-refractivity contribution in [1.82, 2.24) is 4.57 Å². The molecule has 1 heterocycles. The number of aromatic nitrogens is 1. The highest BCUT2D eigenvalue weighted by Gasteiger charge is 2.10. The molecule has 0 N–H and O–H groups in total. The van der Waals surface area contributed by atoms with Gasteiger partial charge >= 0.3 is 0 Å². The molecule has 0 fully saturated rings. The summed E-state index contributed by atoms with van der Waals surface area (Å²) < 4.78 is 13.7. The van der Waals surface area contributed by atoms with Gasteiger partial charge in [0.25, 0.3) is 0 Å². The Morgan fingerprint density at radius 1 is 1.14 bits per heavy atom. The van der Waals surface area contributed by atoms with Gasteiger partial charge in [0.15, 0.2) is 4.80 Å². The van der Waals surface area contributed by atoms with E-state index in [1.54, 1.807) is 37.3 Å². The highest BCUT2D eigenvalue weighted by atomic mass is 32.2. The minimum Gasteiger partial charge on any atom is -0.497 e. The van der Waals surface area contributed by atoms with Crippen LogP contribution in [0.5, 0.6) is 5.75 Å². The fourth-order valence-corrected chi connectivity index (χ4v) is 4.89. The number of thioether (sulfide) groups is 1. The lowest BCUT2D eigenvalue weighted by Crippen LogP contribution is -2.19. The molecule has 7 heteroatoms. The van der Waals surface area contributed by atoms with E-state index in [2.05, 4.69) is 35.5 Å². The molecule has 3 aromatic rings. The van der Waals surface area contributed by atoms with Crippen LogP contribution in [-0.4, -0.2) is 37.1 Å². The van der Waals surface area contributed by atoms with Crippen molar-refractivity contribution in [3.63, 3.8) is 0 Å². The first-order valence-corrected chi connectivity index (χ1v) is 11.3. The number of aryl methyl sites for hydroxylation is 2. The summed E-state index contributed by atoms with van der Waals surface area (Å²) in [6, 6.07) is 12.2. The van der Waals surface area contributed by atoms with Gasteiger partial charge in [-0.1, -0.05) is 11.3 Å². The van der Waals surface area contributed by atoms with Gasteiger partial charge in [-0.2, -0.15) is 4.99 Å². The number of thiazole rings is 1. The van der Waals surface area contributed by atoms with Crippen LogP contribution in [0.1, 0.15) is 17.5 Å². The Morgan fingerprint density at radius 2 is 1.86 bits per heavy atom. The zero-order valence-corrected chi connectivity index (χ0v) is 18.9. The Kier molecular flexibility index (Phi) is 7.52. The molecule has 0 aliphatic carbocycles. The topological polar surface area (TPSA) is 52.8 Å². The first-order valence-electron chi connectivity index (χ1n) is 9.45. The molecule has 29 heavy (non-hydrogen) atoms. The summed E-state index contributed by atoms with van der Waals surface area (Å²) in [6.07, 6.45) is 0.396. The lowest BCUT2D eigenvalue weighted by Gasteiger charge is -2.06. The van der Waals surface area contributed by atoms with E-state index in [9.17, 15) is 4.79 Å². The predicted octanol–water partition coefficient (Wildman–Crippen LogP) is 4.58. The number of fused-ring (bicyclic) bond motifs is 1. The average Bonchev–Trinajstić information content (AvgIpc) is 3.03. The molecule has 2 aromatic carbocycles. The van der Waals surface area contributed by atoms with Gasteiger partial charge in [0.1, 0.15) is 5.75 Å². The van der Waals surface area contributed by atoms with Gasteiger partial charge in [-0.25, -0.2) is 0 Å². The van der Waals surface area contributed by atoms with E-state index in [1.807, 2.05) is 24.3 Å². The molecule has 0 radical (unpaired) electrons. The van der Waals surface area contributed by atoms with E-state index in [4.69, 9.17) is 9.47 Å². The van der Waals surface area contributed by atoms with Crippen LogP contribution in [0, 0.1) is 13.8 Å². The Labute approximate surface area is 179 Å². The zero-order valence-electron chi connectivity index (χ0n) is 17.2. The zero-order chi connectivity index (χ0) is 20.8. The third-order valence-corrected chi connectivity index (χ3v) is 6.74. The summed E-state index contributed by atoms with van der Waals surface area (Å²) in [6.45, 7) is 5.46. The van der Waals surface area contributed by atoms with E-state index in [-0.39, 0.29) is 5.91 Å². The quantitative estimate of drug-likeness (QED) is 0.491. The monoisotopic (exact) mass is 430 g/mol. The number of carbonyl (C=O) groups excluding carboxylic acids is 1. The second-order valence-corrected chi connectivity index (χ2v) is 8.89. The molecule has 1 amide bonds. The molecule has 0 aliphatic heterocycles. The van der Waals surface area contributed by atoms with Crippen molar-refractivity contribution in [3.05, 3.63) is 52.3 Å². The maximum Gasteiger partial charge on any atom is 0.249 e. The van der Waals surface area contributed by atoms with Crippen LogP contribution in [0.2, 0.25) is 0 Å². The highest BCUT2D eigenvalue weighted by molar-refractivity contribution is 7.99. The first-order chi connectivity index (χ1) is 14.0. The van der Waals surface area contributed by atoms with Gasteiger partial charge in [-0.15, -0.1) is 11.8 Å². The van der Waals surface area contributed by atoms with Crippen LogP contribution in [0.25, 0.3) is 10.2 Å². The first kappa shape index (κ1) is 21.6. The molecule has 0 saturated heterocycles. The van der Waals surface area contributed by atoms with Crippen molar-refractivity contribution in [1.29, 1.82) is 0 Å². The number of hydrogen-bond donors (Lipinski definition) is 0. The molecule has 154 valence electrons. The van der Waals surface area contributed by atoms with E-state index >= 15 is 0 Å². The number of amides is 1. The maximum atomic E-state index is 12.5. The largest absolute Gasteiger partial charge is 0.497 e. The summed E-state index contributed by atoms with van der Waals surface area (Å²) in [7, 11) is 3.33. The lowest BCUT2D eigenvalue weighted by molar-refractivity contribution is -0.117.